The monoisotopic (exact) mass is 412 g/mol. The molecule has 4 atom stereocenters. The fourth-order valence-electron chi connectivity index (χ4n) is 5.24. The van der Waals surface area contributed by atoms with E-state index in [4.69, 9.17) is 4.74 Å². The smallest absolute Gasteiger partial charge is 0.339 e. The lowest BCUT2D eigenvalue weighted by Gasteiger charge is -2.21. The zero-order valence-corrected chi connectivity index (χ0v) is 16.6. The van der Waals surface area contributed by atoms with E-state index in [2.05, 4.69) is 0 Å². The first kappa shape index (κ1) is 19.2. The van der Waals surface area contributed by atoms with Crippen molar-refractivity contribution in [3.05, 3.63) is 107 Å². The first-order chi connectivity index (χ1) is 15.0. The molecular formula is C26H20O5. The van der Waals surface area contributed by atoms with E-state index in [1.54, 1.807) is 12.1 Å². The molecule has 0 aromatic heterocycles. The number of carboxylic acids is 1. The van der Waals surface area contributed by atoms with Gasteiger partial charge in [0.25, 0.3) is 0 Å². The molecule has 31 heavy (non-hydrogen) atoms. The van der Waals surface area contributed by atoms with Gasteiger partial charge < -0.3 is 9.84 Å². The largest absolute Gasteiger partial charge is 0.478 e. The lowest BCUT2D eigenvalue weighted by atomic mass is 9.87. The van der Waals surface area contributed by atoms with Crippen LogP contribution in [0.25, 0.3) is 0 Å². The average molecular weight is 412 g/mol. The molecule has 5 rings (SSSR count). The summed E-state index contributed by atoms with van der Waals surface area (Å²) in [5.74, 6) is -2.30. The Morgan fingerprint density at radius 3 is 2.03 bits per heavy atom. The second-order valence-corrected chi connectivity index (χ2v) is 8.12. The van der Waals surface area contributed by atoms with E-state index in [-0.39, 0.29) is 28.7 Å². The van der Waals surface area contributed by atoms with E-state index in [9.17, 15) is 19.5 Å². The summed E-state index contributed by atoms with van der Waals surface area (Å²) >= 11 is 0. The number of hydrogen-bond acceptors (Lipinski definition) is 4. The first-order valence-corrected chi connectivity index (χ1v) is 10.2. The Balaban J connectivity index is 1.45. The normalized spacial score (nSPS) is 26.2. The maximum Gasteiger partial charge on any atom is 0.339 e. The van der Waals surface area contributed by atoms with Gasteiger partial charge in [0.1, 0.15) is 0 Å². The fourth-order valence-corrected chi connectivity index (χ4v) is 5.24. The highest BCUT2D eigenvalue weighted by atomic mass is 16.5. The highest BCUT2D eigenvalue weighted by Crippen LogP contribution is 2.72. The Hall–Kier alpha value is -3.73. The van der Waals surface area contributed by atoms with Crippen molar-refractivity contribution in [3.63, 3.8) is 0 Å². The van der Waals surface area contributed by atoms with E-state index < -0.39 is 23.5 Å². The molecule has 0 heterocycles. The van der Waals surface area contributed by atoms with Crippen LogP contribution in [-0.2, 0) is 14.9 Å². The van der Waals surface area contributed by atoms with Crippen LogP contribution < -0.4 is 0 Å². The molecule has 0 radical (unpaired) electrons. The minimum atomic E-state index is -1.21. The standard InChI is InChI=1S/C26H20O5/c27-23-20(31-25(30)19-14-8-7-13-18(19)24(28)29)15-26(17-11-5-2-6-12-17)21(22(23)26)16-9-3-1-4-10-16/h1-14,20-22H,15H2,(H,28,29)/t20-,21-,22-,26+/m1/s1. The Kier molecular flexibility index (Phi) is 4.47. The minimum Gasteiger partial charge on any atom is -0.478 e. The van der Waals surface area contributed by atoms with E-state index >= 15 is 0 Å². The molecule has 0 saturated heterocycles. The third kappa shape index (κ3) is 2.96. The number of ketones is 1. The maximum atomic E-state index is 13.3. The molecular weight excluding hydrogens is 392 g/mol. The number of Topliss-reactive ketones (excluding diaryl/α,β-unsaturated/α-hetero) is 1. The Morgan fingerprint density at radius 2 is 1.39 bits per heavy atom. The van der Waals surface area contributed by atoms with Crippen molar-refractivity contribution < 1.29 is 24.2 Å². The van der Waals surface area contributed by atoms with Gasteiger partial charge in [-0.05, 0) is 23.3 Å². The Bertz CT molecular complexity index is 1170. The summed E-state index contributed by atoms with van der Waals surface area (Å²) in [6, 6.07) is 25.7. The van der Waals surface area contributed by atoms with Crippen LogP contribution in [0.2, 0.25) is 0 Å². The maximum absolute atomic E-state index is 13.3. The van der Waals surface area contributed by atoms with E-state index in [0.717, 1.165) is 11.1 Å². The van der Waals surface area contributed by atoms with Gasteiger partial charge in [0.05, 0.1) is 11.1 Å². The molecule has 2 fully saturated rings. The summed E-state index contributed by atoms with van der Waals surface area (Å²) in [5, 5.41) is 9.35. The highest BCUT2D eigenvalue weighted by Gasteiger charge is 2.75. The fraction of sp³-hybridized carbons (Fsp3) is 0.192. The van der Waals surface area contributed by atoms with Crippen LogP contribution in [0.15, 0.2) is 84.9 Å². The molecule has 5 heteroatoms. The zero-order chi connectivity index (χ0) is 21.6. The van der Waals surface area contributed by atoms with Crippen molar-refractivity contribution in [2.45, 2.75) is 23.9 Å². The van der Waals surface area contributed by atoms with Gasteiger partial charge in [-0.25, -0.2) is 9.59 Å². The SMILES string of the molecule is O=C(O)c1ccccc1C(=O)O[C@@H]1C[C@]2(c3ccccc3)[C@H](c3ccccc3)[C@@H]2C1=O. The molecule has 2 aliphatic rings. The number of carbonyl (C=O) groups is 3. The van der Waals surface area contributed by atoms with Gasteiger partial charge in [-0.1, -0.05) is 72.8 Å². The predicted molar refractivity (Wildman–Crippen MR) is 113 cm³/mol. The van der Waals surface area contributed by atoms with E-state index in [1.807, 2.05) is 60.7 Å². The van der Waals surface area contributed by atoms with Crippen LogP contribution in [0.4, 0.5) is 0 Å². The number of hydrogen-bond donors (Lipinski definition) is 1. The van der Waals surface area contributed by atoms with Crippen molar-refractivity contribution in [3.8, 4) is 0 Å². The summed E-state index contributed by atoms with van der Waals surface area (Å²) in [6.45, 7) is 0. The molecule has 0 aliphatic heterocycles. The number of esters is 1. The van der Waals surface area contributed by atoms with Crippen LogP contribution in [0, 0.1) is 5.92 Å². The molecule has 5 nitrogen and oxygen atoms in total. The van der Waals surface area contributed by atoms with Gasteiger partial charge in [0.2, 0.25) is 0 Å². The number of fused-ring (bicyclic) bond motifs is 1. The summed E-state index contributed by atoms with van der Waals surface area (Å²) in [5.41, 5.74) is 1.58. The lowest BCUT2D eigenvalue weighted by molar-refractivity contribution is -0.127. The number of carboxylic acid groups (broad SMARTS) is 1. The molecule has 3 aromatic rings. The van der Waals surface area contributed by atoms with Crippen molar-refractivity contribution in [2.75, 3.05) is 0 Å². The molecule has 0 amide bonds. The van der Waals surface area contributed by atoms with E-state index in [0.29, 0.717) is 6.42 Å². The third-order valence-corrected chi connectivity index (χ3v) is 6.58. The molecule has 2 saturated carbocycles. The van der Waals surface area contributed by atoms with Gasteiger partial charge in [-0.15, -0.1) is 0 Å². The molecule has 0 bridgehead atoms. The van der Waals surface area contributed by atoms with Crippen molar-refractivity contribution in [1.29, 1.82) is 0 Å². The number of carbonyl (C=O) groups excluding carboxylic acids is 2. The first-order valence-electron chi connectivity index (χ1n) is 10.2. The summed E-state index contributed by atoms with van der Waals surface area (Å²) in [4.78, 5) is 37.5. The van der Waals surface area contributed by atoms with Crippen LogP contribution >= 0.6 is 0 Å². The van der Waals surface area contributed by atoms with Crippen molar-refractivity contribution in [1.82, 2.24) is 0 Å². The van der Waals surface area contributed by atoms with Gasteiger partial charge in [0, 0.05) is 23.7 Å². The van der Waals surface area contributed by atoms with Gasteiger partial charge in [-0.3, -0.25) is 4.79 Å². The highest BCUT2D eigenvalue weighted by molar-refractivity contribution is 6.04. The number of benzene rings is 3. The van der Waals surface area contributed by atoms with Gasteiger partial charge in [0.15, 0.2) is 11.9 Å². The average Bonchev–Trinajstić information content (AvgIpc) is 3.39. The topological polar surface area (TPSA) is 80.7 Å². The molecule has 2 aliphatic carbocycles. The quantitative estimate of drug-likeness (QED) is 0.634. The minimum absolute atomic E-state index is 0.0447. The van der Waals surface area contributed by atoms with Gasteiger partial charge in [-0.2, -0.15) is 0 Å². The van der Waals surface area contributed by atoms with Crippen LogP contribution in [0.1, 0.15) is 44.2 Å². The molecule has 0 spiro atoms. The zero-order valence-electron chi connectivity index (χ0n) is 16.6. The van der Waals surface area contributed by atoms with Crippen LogP contribution in [0.3, 0.4) is 0 Å². The number of rotatable bonds is 5. The predicted octanol–water partition coefficient (Wildman–Crippen LogP) is 4.23. The van der Waals surface area contributed by atoms with Crippen LogP contribution in [-0.4, -0.2) is 28.9 Å². The van der Waals surface area contributed by atoms with Crippen molar-refractivity contribution in [2.24, 2.45) is 5.92 Å². The van der Waals surface area contributed by atoms with Crippen LogP contribution in [0.5, 0.6) is 0 Å². The summed E-state index contributed by atoms with van der Waals surface area (Å²) < 4.78 is 5.58. The molecule has 1 N–H and O–H groups in total. The third-order valence-electron chi connectivity index (χ3n) is 6.58. The number of ether oxygens (including phenoxy) is 1. The number of aromatic carboxylic acids is 1. The second kappa shape index (κ2) is 7.20. The molecule has 154 valence electrons. The van der Waals surface area contributed by atoms with Crippen molar-refractivity contribution >= 4 is 17.7 Å². The van der Waals surface area contributed by atoms with Gasteiger partial charge >= 0.3 is 11.9 Å². The Labute approximate surface area is 179 Å². The molecule has 0 unspecified atom stereocenters. The second-order valence-electron chi connectivity index (χ2n) is 8.12. The summed E-state index contributed by atoms with van der Waals surface area (Å²) in [7, 11) is 0. The lowest BCUT2D eigenvalue weighted by Crippen LogP contribution is -2.28. The Morgan fingerprint density at radius 1 is 0.806 bits per heavy atom. The molecule has 3 aromatic carbocycles. The summed E-state index contributed by atoms with van der Waals surface area (Å²) in [6.07, 6.45) is -0.499. The van der Waals surface area contributed by atoms with E-state index in [1.165, 1.54) is 12.1 Å².